The molecule has 7 nitrogen and oxygen atoms in total. The predicted octanol–water partition coefficient (Wildman–Crippen LogP) is 3.14. The van der Waals surface area contributed by atoms with Crippen LogP contribution in [0.15, 0.2) is 47.4 Å². The van der Waals surface area contributed by atoms with Crippen LogP contribution in [-0.2, 0) is 19.6 Å². The second-order valence-corrected chi connectivity index (χ2v) is 9.12. The van der Waals surface area contributed by atoms with Crippen molar-refractivity contribution in [2.75, 3.05) is 6.61 Å². The Hall–Kier alpha value is -2.87. The van der Waals surface area contributed by atoms with Gasteiger partial charge in [-0.25, -0.2) is 4.79 Å². The van der Waals surface area contributed by atoms with Crippen LogP contribution in [0, 0.1) is 19.8 Å². The normalized spacial score (nSPS) is 14.6. The highest BCUT2D eigenvalue weighted by atomic mass is 32.2. The predicted molar refractivity (Wildman–Crippen MR) is 111 cm³/mol. The zero-order chi connectivity index (χ0) is 21.9. The highest BCUT2D eigenvalue weighted by molar-refractivity contribution is 7.87. The van der Waals surface area contributed by atoms with Gasteiger partial charge in [-0.05, 0) is 81.0 Å². The van der Waals surface area contributed by atoms with Crippen LogP contribution >= 0.6 is 0 Å². The topological polar surface area (TPSA) is 98.8 Å². The van der Waals surface area contributed by atoms with E-state index < -0.39 is 16.1 Å². The van der Waals surface area contributed by atoms with Crippen molar-refractivity contribution in [3.8, 4) is 5.75 Å². The summed E-state index contributed by atoms with van der Waals surface area (Å²) in [5, 5.41) is 2.80. The first-order valence-electron chi connectivity index (χ1n) is 9.74. The van der Waals surface area contributed by atoms with Crippen molar-refractivity contribution in [1.82, 2.24) is 5.32 Å². The van der Waals surface area contributed by atoms with Crippen LogP contribution in [0.2, 0.25) is 0 Å². The number of aryl methyl sites for hydroxylation is 2. The van der Waals surface area contributed by atoms with Crippen LogP contribution in [-0.4, -0.2) is 32.9 Å². The first-order chi connectivity index (χ1) is 14.2. The molecule has 3 rings (SSSR count). The Bertz CT molecular complexity index is 1040. The lowest BCUT2D eigenvalue weighted by molar-refractivity contribution is -0.124. The summed E-state index contributed by atoms with van der Waals surface area (Å²) in [6, 6.07) is 10.7. The number of carbonyl (C=O) groups excluding carboxylic acids is 2. The summed E-state index contributed by atoms with van der Waals surface area (Å²) >= 11 is 0. The molecule has 1 N–H and O–H groups in total. The largest absolute Gasteiger partial charge is 0.452 e. The monoisotopic (exact) mass is 431 g/mol. The number of rotatable bonds is 8. The van der Waals surface area contributed by atoms with E-state index in [0.717, 1.165) is 18.4 Å². The second kappa shape index (κ2) is 8.87. The number of carbonyl (C=O) groups is 2. The molecular formula is C22H25NO6S. The summed E-state index contributed by atoms with van der Waals surface area (Å²) in [6.07, 6.45) is 2.21. The van der Waals surface area contributed by atoms with Gasteiger partial charge >= 0.3 is 16.1 Å². The fraction of sp³-hybridized carbons (Fsp3) is 0.364. The van der Waals surface area contributed by atoms with Crippen molar-refractivity contribution in [1.29, 1.82) is 0 Å². The molecule has 0 saturated heterocycles. The summed E-state index contributed by atoms with van der Waals surface area (Å²) < 4.78 is 35.3. The molecule has 30 heavy (non-hydrogen) atoms. The van der Waals surface area contributed by atoms with Crippen LogP contribution in [0.3, 0.4) is 0 Å². The Morgan fingerprint density at radius 1 is 1.10 bits per heavy atom. The molecule has 8 heteroatoms. The first kappa shape index (κ1) is 21.8. The number of amides is 1. The van der Waals surface area contributed by atoms with Crippen molar-refractivity contribution < 1.29 is 26.9 Å². The van der Waals surface area contributed by atoms with Gasteiger partial charge in [0.25, 0.3) is 5.91 Å². The van der Waals surface area contributed by atoms with Gasteiger partial charge in [-0.3, -0.25) is 4.79 Å². The van der Waals surface area contributed by atoms with E-state index in [1.807, 2.05) is 13.0 Å². The molecular weight excluding hydrogens is 406 g/mol. The number of benzene rings is 2. The van der Waals surface area contributed by atoms with Crippen LogP contribution in [0.1, 0.15) is 41.3 Å². The smallest absolute Gasteiger partial charge is 0.339 e. The third-order valence-corrected chi connectivity index (χ3v) is 6.35. The molecule has 0 bridgehead atoms. The highest BCUT2D eigenvalue weighted by Crippen LogP contribution is 2.32. The van der Waals surface area contributed by atoms with Gasteiger partial charge in [0.1, 0.15) is 10.6 Å². The van der Waals surface area contributed by atoms with E-state index >= 15 is 0 Å². The SMILES string of the molecule is Cc1ccc(C)c(S(=O)(=O)Oc2ccc(C(=O)OCC(=O)NC(C)C3CC3)cc2)c1. The molecule has 2 aromatic rings. The maximum Gasteiger partial charge on any atom is 0.339 e. The third kappa shape index (κ3) is 5.60. The van der Waals surface area contributed by atoms with Crippen LogP contribution < -0.4 is 9.50 Å². The van der Waals surface area contributed by atoms with E-state index in [1.165, 1.54) is 24.3 Å². The lowest BCUT2D eigenvalue weighted by Crippen LogP contribution is -2.37. The zero-order valence-corrected chi connectivity index (χ0v) is 18.0. The summed E-state index contributed by atoms with van der Waals surface area (Å²) in [6.45, 7) is 5.06. The van der Waals surface area contributed by atoms with Crippen LogP contribution in [0.25, 0.3) is 0 Å². The lowest BCUT2D eigenvalue weighted by Gasteiger charge is -2.13. The standard InChI is InChI=1S/C22H25NO6S/c1-14-4-5-15(2)20(12-14)30(26,27)29-19-10-8-18(9-11-19)22(25)28-13-21(24)23-16(3)17-6-7-17/h4-5,8-12,16-17H,6-7,13H2,1-3H3,(H,23,24). The minimum Gasteiger partial charge on any atom is -0.452 e. The summed E-state index contributed by atoms with van der Waals surface area (Å²) in [7, 11) is -4.00. The maximum absolute atomic E-state index is 12.6. The molecule has 0 spiro atoms. The Kier molecular flexibility index (Phi) is 6.45. The van der Waals surface area contributed by atoms with Gasteiger partial charge in [0.15, 0.2) is 6.61 Å². The van der Waals surface area contributed by atoms with Crippen molar-refractivity contribution in [2.45, 2.75) is 44.6 Å². The third-order valence-electron chi connectivity index (χ3n) is 4.96. The van der Waals surface area contributed by atoms with Crippen molar-refractivity contribution in [2.24, 2.45) is 5.92 Å². The molecule has 1 aliphatic carbocycles. The molecule has 2 aromatic carbocycles. The molecule has 0 aliphatic heterocycles. The molecule has 160 valence electrons. The summed E-state index contributed by atoms with van der Waals surface area (Å²) in [4.78, 5) is 24.1. The van der Waals surface area contributed by atoms with Crippen molar-refractivity contribution in [3.05, 3.63) is 59.2 Å². The Morgan fingerprint density at radius 3 is 2.40 bits per heavy atom. The Balaban J connectivity index is 1.58. The van der Waals surface area contributed by atoms with Gasteiger partial charge in [0.2, 0.25) is 0 Å². The Morgan fingerprint density at radius 2 is 1.77 bits per heavy atom. The molecule has 1 amide bonds. The Labute approximate surface area is 176 Å². The molecule has 0 heterocycles. The van der Waals surface area contributed by atoms with Crippen molar-refractivity contribution >= 4 is 22.0 Å². The number of esters is 1. The van der Waals surface area contributed by atoms with Gasteiger partial charge in [-0.2, -0.15) is 8.42 Å². The van der Waals surface area contributed by atoms with Crippen molar-refractivity contribution in [3.63, 3.8) is 0 Å². The number of ether oxygens (including phenoxy) is 1. The van der Waals surface area contributed by atoms with Crippen LogP contribution in [0.5, 0.6) is 5.75 Å². The first-order valence-corrected chi connectivity index (χ1v) is 11.1. The molecule has 1 fully saturated rings. The molecule has 0 aromatic heterocycles. The fourth-order valence-corrected chi connectivity index (χ4v) is 4.27. The van der Waals surface area contributed by atoms with E-state index in [1.54, 1.807) is 26.0 Å². The maximum atomic E-state index is 12.6. The van der Waals surface area contributed by atoms with E-state index in [4.69, 9.17) is 8.92 Å². The molecule has 1 aliphatic rings. The minimum absolute atomic E-state index is 0.0726. The van der Waals surface area contributed by atoms with Gasteiger partial charge in [0.05, 0.1) is 5.56 Å². The minimum atomic E-state index is -4.00. The van der Waals surface area contributed by atoms with E-state index in [-0.39, 0.29) is 34.8 Å². The van der Waals surface area contributed by atoms with Gasteiger partial charge in [0, 0.05) is 6.04 Å². The average molecular weight is 432 g/mol. The van der Waals surface area contributed by atoms with E-state index in [2.05, 4.69) is 5.32 Å². The molecule has 1 atom stereocenters. The molecule has 1 unspecified atom stereocenters. The zero-order valence-electron chi connectivity index (χ0n) is 17.2. The quantitative estimate of drug-likeness (QED) is 0.509. The van der Waals surface area contributed by atoms with Gasteiger partial charge in [-0.1, -0.05) is 12.1 Å². The fourth-order valence-electron chi connectivity index (χ4n) is 3.02. The van der Waals surface area contributed by atoms with E-state index in [0.29, 0.717) is 11.5 Å². The molecule has 1 saturated carbocycles. The number of nitrogens with one attached hydrogen (secondary N) is 1. The average Bonchev–Trinajstić information content (AvgIpc) is 3.53. The van der Waals surface area contributed by atoms with Gasteiger partial charge < -0.3 is 14.2 Å². The van der Waals surface area contributed by atoms with Gasteiger partial charge in [-0.15, -0.1) is 0 Å². The van der Waals surface area contributed by atoms with Crippen LogP contribution in [0.4, 0.5) is 0 Å². The van der Waals surface area contributed by atoms with E-state index in [9.17, 15) is 18.0 Å². The highest BCUT2D eigenvalue weighted by Gasteiger charge is 2.29. The number of hydrogen-bond acceptors (Lipinski definition) is 6. The summed E-state index contributed by atoms with van der Waals surface area (Å²) in [5.74, 6) is -0.434. The summed E-state index contributed by atoms with van der Waals surface area (Å²) in [5.41, 5.74) is 1.57. The number of hydrogen-bond donors (Lipinski definition) is 1. The second-order valence-electron chi connectivity index (χ2n) is 7.60. The molecule has 0 radical (unpaired) electrons. The lowest BCUT2D eigenvalue weighted by atomic mass is 10.2.